The average Bonchev–Trinajstić information content (AvgIpc) is 1.59. The van der Waals surface area contributed by atoms with Crippen molar-refractivity contribution in [3.8, 4) is 0 Å². The van der Waals surface area contributed by atoms with Crippen molar-refractivity contribution in [1.82, 2.24) is 5.23 Å². The molecule has 1 aliphatic rings. The molecule has 0 aromatic heterocycles. The van der Waals surface area contributed by atoms with Crippen molar-refractivity contribution in [1.29, 1.82) is 0 Å². The molecule has 1 rings (SSSR count). The zero-order valence-corrected chi connectivity index (χ0v) is 6.11. The molecule has 0 aromatic carbocycles. The molecular weight excluding hydrogens is 184 g/mol. The lowest BCUT2D eigenvalue weighted by molar-refractivity contribution is -0.266. The van der Waals surface area contributed by atoms with Crippen LogP contribution in [0.25, 0.3) is 0 Å². The summed E-state index contributed by atoms with van der Waals surface area (Å²) in [7, 11) is -3.82. The van der Waals surface area contributed by atoms with Gasteiger partial charge in [-0.3, -0.25) is 0 Å². The fourth-order valence-electron chi connectivity index (χ4n) is 0.245. The summed E-state index contributed by atoms with van der Waals surface area (Å²) < 4.78 is 27.8. The molecule has 0 spiro atoms. The summed E-state index contributed by atoms with van der Waals surface area (Å²) >= 11 is 4.26. The number of hydrogen-bond donors (Lipinski definition) is 1. The van der Waals surface area contributed by atoms with E-state index in [0.29, 0.717) is 5.23 Å². The highest BCUT2D eigenvalue weighted by molar-refractivity contribution is 7.83. The second-order valence-electron chi connectivity index (χ2n) is 1.15. The lowest BCUT2D eigenvalue weighted by Crippen LogP contribution is -2.47. The maximum Gasteiger partial charge on any atom is 0.446 e. The molecule has 0 bridgehead atoms. The molecule has 1 heterocycles. The second kappa shape index (κ2) is 2.64. The van der Waals surface area contributed by atoms with Crippen LogP contribution in [0.3, 0.4) is 0 Å². The number of thiocarbonyl (C=S) groups is 1. The number of nitrogens with two attached hydrogens (primary N) is 1. The van der Waals surface area contributed by atoms with E-state index in [4.69, 9.17) is 5.73 Å². The first-order valence-electron chi connectivity index (χ1n) is 1.75. The number of hydrogen-bond acceptors (Lipinski definition) is 5. The van der Waals surface area contributed by atoms with Gasteiger partial charge in [-0.15, -0.1) is 0 Å². The first-order valence-corrected chi connectivity index (χ1v) is 3.49. The summed E-state index contributed by atoms with van der Waals surface area (Å²) in [5.41, 5.74) is 4.86. The van der Waals surface area contributed by atoms with Gasteiger partial charge in [0.05, 0.1) is 0 Å². The highest BCUT2D eigenvalue weighted by atomic mass is 32.3. The SMILES string of the molecule is NC(=S)N1OS(=O)(=O)O1.O. The highest BCUT2D eigenvalue weighted by Crippen LogP contribution is 2.14. The van der Waals surface area contributed by atoms with Crippen LogP contribution in [0.15, 0.2) is 0 Å². The van der Waals surface area contributed by atoms with Gasteiger partial charge in [0.1, 0.15) is 0 Å². The van der Waals surface area contributed by atoms with Gasteiger partial charge < -0.3 is 11.2 Å². The van der Waals surface area contributed by atoms with Crippen molar-refractivity contribution < 1.29 is 22.5 Å². The molecule has 0 radical (unpaired) electrons. The van der Waals surface area contributed by atoms with E-state index in [1.165, 1.54) is 0 Å². The van der Waals surface area contributed by atoms with Crippen LogP contribution in [0.1, 0.15) is 0 Å². The van der Waals surface area contributed by atoms with Gasteiger partial charge in [-0.1, -0.05) is 13.8 Å². The molecule has 7 nitrogen and oxygen atoms in total. The first kappa shape index (κ1) is 9.52. The van der Waals surface area contributed by atoms with Gasteiger partial charge in [0.25, 0.3) is 0 Å². The minimum Gasteiger partial charge on any atom is -0.412 e. The maximum atomic E-state index is 10.0. The fourth-order valence-corrected chi connectivity index (χ4v) is 0.917. The fraction of sp³-hybridized carbons (Fsp3) is 0. The Hall–Kier alpha value is -0.480. The third-order valence-electron chi connectivity index (χ3n) is 0.498. The largest absolute Gasteiger partial charge is 0.446 e. The third-order valence-corrected chi connectivity index (χ3v) is 1.28. The number of rotatable bonds is 0. The molecule has 0 saturated carbocycles. The quantitative estimate of drug-likeness (QED) is 0.430. The predicted octanol–water partition coefficient (Wildman–Crippen LogP) is -2.17. The molecule has 1 fully saturated rings. The monoisotopic (exact) mass is 188 g/mol. The molecule has 9 heteroatoms. The molecule has 0 aromatic rings. The van der Waals surface area contributed by atoms with Crippen LogP contribution < -0.4 is 5.73 Å². The van der Waals surface area contributed by atoms with Crippen molar-refractivity contribution in [2.24, 2.45) is 5.73 Å². The standard InChI is InChI=1S/CH2N2O4S2.H2O/c2-1(8)3-6-9(4,5)7-3;/h(H2,2,8);1H2. The summed E-state index contributed by atoms with van der Waals surface area (Å²) in [6, 6.07) is 0. The number of nitrogens with zero attached hydrogens (tertiary/aromatic N) is 1. The topological polar surface area (TPSA) is 113 Å². The van der Waals surface area contributed by atoms with Crippen molar-refractivity contribution in [3.63, 3.8) is 0 Å². The van der Waals surface area contributed by atoms with E-state index in [-0.39, 0.29) is 10.6 Å². The molecule has 4 N–H and O–H groups in total. The van der Waals surface area contributed by atoms with Crippen molar-refractivity contribution in [2.45, 2.75) is 0 Å². The molecule has 0 atom stereocenters. The minimum absolute atomic E-state index is 0. The highest BCUT2D eigenvalue weighted by Gasteiger charge is 2.36. The van der Waals surface area contributed by atoms with Gasteiger partial charge in [0.2, 0.25) is 5.11 Å². The Morgan fingerprint density at radius 1 is 1.50 bits per heavy atom. The molecular formula is CH4N2O5S2. The van der Waals surface area contributed by atoms with E-state index in [9.17, 15) is 8.42 Å². The van der Waals surface area contributed by atoms with Gasteiger partial charge >= 0.3 is 10.4 Å². The Bertz CT molecular complexity index is 220. The van der Waals surface area contributed by atoms with Gasteiger partial charge in [0.15, 0.2) is 0 Å². The van der Waals surface area contributed by atoms with E-state index >= 15 is 0 Å². The predicted molar refractivity (Wildman–Crippen MR) is 33.3 cm³/mol. The Labute approximate surface area is 61.9 Å². The third kappa shape index (κ3) is 1.75. The minimum atomic E-state index is -3.82. The van der Waals surface area contributed by atoms with Crippen molar-refractivity contribution in [3.05, 3.63) is 0 Å². The average molecular weight is 188 g/mol. The van der Waals surface area contributed by atoms with E-state index in [0.717, 1.165) is 0 Å². The second-order valence-corrected chi connectivity index (χ2v) is 2.69. The van der Waals surface area contributed by atoms with Gasteiger partial charge in [-0.25, -0.2) is 0 Å². The summed E-state index contributed by atoms with van der Waals surface area (Å²) in [5.74, 6) is 0. The molecule has 0 aliphatic carbocycles. The number of hydroxylamine groups is 2. The zero-order valence-electron chi connectivity index (χ0n) is 4.47. The first-order chi connectivity index (χ1) is 4.01. The molecule has 1 saturated heterocycles. The van der Waals surface area contributed by atoms with E-state index < -0.39 is 10.4 Å². The summed E-state index contributed by atoms with van der Waals surface area (Å²) in [5, 5.41) is 0.134. The van der Waals surface area contributed by atoms with E-state index in [1.54, 1.807) is 0 Å². The molecule has 60 valence electrons. The van der Waals surface area contributed by atoms with Crippen LogP contribution in [-0.2, 0) is 19.0 Å². The molecule has 10 heavy (non-hydrogen) atoms. The summed E-state index contributed by atoms with van der Waals surface area (Å²) in [6.45, 7) is 0. The van der Waals surface area contributed by atoms with Gasteiger partial charge in [-0.05, 0) is 12.2 Å². The van der Waals surface area contributed by atoms with Crippen LogP contribution in [-0.4, -0.2) is 24.2 Å². The van der Waals surface area contributed by atoms with Crippen molar-refractivity contribution in [2.75, 3.05) is 0 Å². The Morgan fingerprint density at radius 2 is 1.90 bits per heavy atom. The van der Waals surface area contributed by atoms with Crippen molar-refractivity contribution >= 4 is 27.7 Å². The maximum absolute atomic E-state index is 10.0. The molecule has 1 aliphatic heterocycles. The molecule has 0 unspecified atom stereocenters. The summed E-state index contributed by atoms with van der Waals surface area (Å²) in [6.07, 6.45) is 0. The molecule has 0 amide bonds. The smallest absolute Gasteiger partial charge is 0.412 e. The van der Waals surface area contributed by atoms with E-state index in [2.05, 4.69) is 20.8 Å². The van der Waals surface area contributed by atoms with Gasteiger partial charge in [0, 0.05) is 0 Å². The Morgan fingerprint density at radius 3 is 2.00 bits per heavy atom. The Kier molecular flexibility index (Phi) is 2.51. The van der Waals surface area contributed by atoms with Crippen LogP contribution >= 0.6 is 12.2 Å². The van der Waals surface area contributed by atoms with Gasteiger partial charge in [-0.2, -0.15) is 8.42 Å². The lowest BCUT2D eigenvalue weighted by atomic mass is 11.2. The summed E-state index contributed by atoms with van der Waals surface area (Å²) in [4.78, 5) is 0. The lowest BCUT2D eigenvalue weighted by Gasteiger charge is -2.25. The van der Waals surface area contributed by atoms with Crippen LogP contribution in [0.2, 0.25) is 0 Å². The van der Waals surface area contributed by atoms with Crippen LogP contribution in [0, 0.1) is 0 Å². The van der Waals surface area contributed by atoms with Crippen LogP contribution in [0.4, 0.5) is 0 Å². The van der Waals surface area contributed by atoms with Crippen LogP contribution in [0.5, 0.6) is 0 Å². The van der Waals surface area contributed by atoms with E-state index in [1.807, 2.05) is 0 Å². The Balaban J connectivity index is 0.000000810. The normalized spacial score (nSPS) is 20.6. The zero-order chi connectivity index (χ0) is 7.07.